The van der Waals surface area contributed by atoms with Crippen LogP contribution < -0.4 is 15.4 Å². The van der Waals surface area contributed by atoms with Gasteiger partial charge in [-0.15, -0.1) is 0 Å². The van der Waals surface area contributed by atoms with Crippen LogP contribution in [0.15, 0.2) is 60.3 Å². The molecule has 8 heteroatoms. The maximum Gasteiger partial charge on any atom is 0.273 e. The molecule has 8 nitrogen and oxygen atoms in total. The normalized spacial score (nSPS) is 10.6. The summed E-state index contributed by atoms with van der Waals surface area (Å²) in [6.45, 7) is 0.559. The maximum absolute atomic E-state index is 12.3. The molecule has 0 saturated carbocycles. The average Bonchev–Trinajstić information content (AvgIpc) is 2.68. The van der Waals surface area contributed by atoms with Gasteiger partial charge in [-0.2, -0.15) is 5.26 Å². The quantitative estimate of drug-likeness (QED) is 0.244. The zero-order valence-corrected chi connectivity index (χ0v) is 14.6. The predicted octanol–water partition coefficient (Wildman–Crippen LogP) is 2.78. The lowest BCUT2D eigenvalue weighted by atomic mass is 10.1. The average molecular weight is 366 g/mol. The molecule has 27 heavy (non-hydrogen) atoms. The van der Waals surface area contributed by atoms with Crippen LogP contribution in [0.2, 0.25) is 0 Å². The third-order valence-corrected chi connectivity index (χ3v) is 3.66. The van der Waals surface area contributed by atoms with E-state index in [-0.39, 0.29) is 22.7 Å². The monoisotopic (exact) mass is 366 g/mol. The van der Waals surface area contributed by atoms with Crippen LogP contribution in [0.3, 0.4) is 0 Å². The van der Waals surface area contributed by atoms with E-state index in [0.29, 0.717) is 6.54 Å². The molecule has 0 atom stereocenters. The zero-order valence-electron chi connectivity index (χ0n) is 14.6. The van der Waals surface area contributed by atoms with Crippen LogP contribution in [-0.2, 0) is 11.2 Å². The number of nitrogens with one attached hydrogen (secondary N) is 2. The molecule has 2 aromatic rings. The molecule has 2 aromatic carbocycles. The van der Waals surface area contributed by atoms with E-state index in [2.05, 4.69) is 10.6 Å². The topological polar surface area (TPSA) is 117 Å². The number of carbonyl (C=O) groups is 1. The van der Waals surface area contributed by atoms with Crippen LogP contribution in [0.25, 0.3) is 0 Å². The molecule has 0 spiro atoms. The molecule has 138 valence electrons. The van der Waals surface area contributed by atoms with Crippen LogP contribution in [0, 0.1) is 21.4 Å². The Bertz CT molecular complexity index is 888. The van der Waals surface area contributed by atoms with E-state index < -0.39 is 10.8 Å². The number of nitrogens with zero attached hydrogens (tertiary/aromatic N) is 2. The number of nitro groups is 1. The van der Waals surface area contributed by atoms with Crippen LogP contribution in [-0.4, -0.2) is 24.5 Å². The van der Waals surface area contributed by atoms with Crippen LogP contribution in [0.5, 0.6) is 5.75 Å². The zero-order chi connectivity index (χ0) is 19.6. The summed E-state index contributed by atoms with van der Waals surface area (Å²) in [6.07, 6.45) is 2.09. The molecule has 0 unspecified atom stereocenters. The number of hydrogen-bond acceptors (Lipinski definition) is 6. The van der Waals surface area contributed by atoms with Gasteiger partial charge in [0.2, 0.25) is 0 Å². The summed E-state index contributed by atoms with van der Waals surface area (Å²) in [5, 5.41) is 25.5. The Hall–Kier alpha value is -3.86. The van der Waals surface area contributed by atoms with Gasteiger partial charge in [0.05, 0.1) is 23.8 Å². The first kappa shape index (κ1) is 19.5. The molecular formula is C19H18N4O4. The van der Waals surface area contributed by atoms with Crippen molar-refractivity contribution in [3.8, 4) is 11.8 Å². The molecule has 1 amide bonds. The lowest BCUT2D eigenvalue weighted by Gasteiger charge is -2.09. The molecule has 0 heterocycles. The molecule has 0 radical (unpaired) electrons. The van der Waals surface area contributed by atoms with Crippen LogP contribution >= 0.6 is 0 Å². The molecule has 0 bridgehead atoms. The third-order valence-electron chi connectivity index (χ3n) is 3.66. The van der Waals surface area contributed by atoms with Gasteiger partial charge in [-0.05, 0) is 18.1 Å². The van der Waals surface area contributed by atoms with E-state index in [1.54, 1.807) is 0 Å². The van der Waals surface area contributed by atoms with E-state index in [0.717, 1.165) is 12.0 Å². The van der Waals surface area contributed by atoms with E-state index >= 15 is 0 Å². The van der Waals surface area contributed by atoms with E-state index in [4.69, 9.17) is 4.74 Å². The Balaban J connectivity index is 2.00. The molecule has 0 aliphatic rings. The predicted molar refractivity (Wildman–Crippen MR) is 100 cm³/mol. The number of anilines is 1. The number of nitriles is 1. The van der Waals surface area contributed by atoms with Crippen molar-refractivity contribution in [3.63, 3.8) is 0 Å². The number of rotatable bonds is 8. The molecule has 0 saturated heterocycles. The maximum atomic E-state index is 12.3. The lowest BCUT2D eigenvalue weighted by Crippen LogP contribution is -2.18. The van der Waals surface area contributed by atoms with Gasteiger partial charge in [0.15, 0.2) is 0 Å². The van der Waals surface area contributed by atoms with Crippen molar-refractivity contribution >= 4 is 17.3 Å². The number of non-ortho nitro benzene ring substituents is 1. The lowest BCUT2D eigenvalue weighted by molar-refractivity contribution is -0.384. The molecule has 0 fully saturated rings. The number of methoxy groups -OCH3 is 1. The molecule has 2 N–H and O–H groups in total. The van der Waals surface area contributed by atoms with Crippen molar-refractivity contribution < 1.29 is 14.5 Å². The minimum absolute atomic E-state index is 0.122. The van der Waals surface area contributed by atoms with E-state index in [1.165, 1.54) is 31.5 Å². The first-order chi connectivity index (χ1) is 13.0. The van der Waals surface area contributed by atoms with Gasteiger partial charge in [-0.25, -0.2) is 0 Å². The van der Waals surface area contributed by atoms with Gasteiger partial charge in [0.1, 0.15) is 17.4 Å². The van der Waals surface area contributed by atoms with Gasteiger partial charge in [0, 0.05) is 18.8 Å². The third kappa shape index (κ3) is 5.57. The highest BCUT2D eigenvalue weighted by molar-refractivity contribution is 6.07. The summed E-state index contributed by atoms with van der Waals surface area (Å²) in [5.41, 5.74) is 1.09. The Morgan fingerprint density at radius 1 is 1.30 bits per heavy atom. The van der Waals surface area contributed by atoms with E-state index in [9.17, 15) is 20.2 Å². The summed E-state index contributed by atoms with van der Waals surface area (Å²) in [5.74, 6) is -0.510. The summed E-state index contributed by atoms with van der Waals surface area (Å²) in [6, 6.07) is 15.4. The SMILES string of the molecule is COc1cc([N+](=O)[O-])ccc1NC(=O)/C(C#N)=C\NCCc1ccccc1. The van der Waals surface area contributed by atoms with Crippen molar-refractivity contribution in [2.75, 3.05) is 19.0 Å². The summed E-state index contributed by atoms with van der Waals surface area (Å²) in [4.78, 5) is 22.5. The van der Waals surface area contributed by atoms with Crippen molar-refractivity contribution in [1.82, 2.24) is 5.32 Å². The van der Waals surface area contributed by atoms with Gasteiger partial charge >= 0.3 is 0 Å². The molecule has 0 aliphatic heterocycles. The largest absolute Gasteiger partial charge is 0.494 e. The van der Waals surface area contributed by atoms with Gasteiger partial charge < -0.3 is 15.4 Å². The van der Waals surface area contributed by atoms with Gasteiger partial charge in [-0.1, -0.05) is 30.3 Å². The second kappa shape index (κ2) is 9.58. The van der Waals surface area contributed by atoms with Crippen molar-refractivity contribution in [1.29, 1.82) is 5.26 Å². The van der Waals surface area contributed by atoms with Crippen molar-refractivity contribution in [2.24, 2.45) is 0 Å². The second-order valence-corrected chi connectivity index (χ2v) is 5.46. The van der Waals surface area contributed by atoms with Gasteiger partial charge in [-0.3, -0.25) is 14.9 Å². The fraction of sp³-hybridized carbons (Fsp3) is 0.158. The number of hydrogen-bond donors (Lipinski definition) is 2. The Labute approximate surface area is 156 Å². The van der Waals surface area contributed by atoms with Crippen molar-refractivity contribution in [3.05, 3.63) is 76.0 Å². The summed E-state index contributed by atoms with van der Waals surface area (Å²) >= 11 is 0. The molecule has 0 aliphatic carbocycles. The number of amides is 1. The summed E-state index contributed by atoms with van der Waals surface area (Å²) < 4.78 is 5.06. The number of nitro benzene ring substituents is 1. The first-order valence-electron chi connectivity index (χ1n) is 8.06. The fourth-order valence-electron chi connectivity index (χ4n) is 2.27. The number of ether oxygens (including phenoxy) is 1. The first-order valence-corrected chi connectivity index (χ1v) is 8.06. The van der Waals surface area contributed by atoms with Crippen LogP contribution in [0.1, 0.15) is 5.56 Å². The Kier molecular flexibility index (Phi) is 6.91. The number of carbonyl (C=O) groups excluding carboxylic acids is 1. The molecule has 0 aromatic heterocycles. The molecule has 2 rings (SSSR count). The fourth-order valence-corrected chi connectivity index (χ4v) is 2.27. The highest BCUT2D eigenvalue weighted by Gasteiger charge is 2.15. The van der Waals surface area contributed by atoms with Crippen LogP contribution in [0.4, 0.5) is 11.4 Å². The van der Waals surface area contributed by atoms with E-state index in [1.807, 2.05) is 36.4 Å². The second-order valence-electron chi connectivity index (χ2n) is 5.46. The van der Waals surface area contributed by atoms with Gasteiger partial charge in [0.25, 0.3) is 11.6 Å². The standard InChI is InChI=1S/C19H18N4O4/c1-27-18-11-16(23(25)26)7-8-17(18)22-19(24)15(12-20)13-21-10-9-14-5-3-2-4-6-14/h2-8,11,13,21H,9-10H2,1H3,(H,22,24)/b15-13-. The minimum atomic E-state index is -0.642. The highest BCUT2D eigenvalue weighted by atomic mass is 16.6. The summed E-state index contributed by atoms with van der Waals surface area (Å²) in [7, 11) is 1.33. The Morgan fingerprint density at radius 2 is 2.04 bits per heavy atom. The number of benzene rings is 2. The highest BCUT2D eigenvalue weighted by Crippen LogP contribution is 2.29. The molecular weight excluding hydrogens is 348 g/mol. The minimum Gasteiger partial charge on any atom is -0.494 e. The Morgan fingerprint density at radius 3 is 2.67 bits per heavy atom. The van der Waals surface area contributed by atoms with Crippen molar-refractivity contribution in [2.45, 2.75) is 6.42 Å². The smallest absolute Gasteiger partial charge is 0.273 e.